The molecule has 1 aromatic rings. The van der Waals surface area contributed by atoms with E-state index in [1.165, 1.54) is 13.0 Å². The van der Waals surface area contributed by atoms with E-state index in [1.807, 2.05) is 0 Å². The molecule has 0 bridgehead atoms. The number of hydrogen-bond donors (Lipinski definition) is 1. The van der Waals surface area contributed by atoms with Crippen LogP contribution >= 0.6 is 11.6 Å². The monoisotopic (exact) mass is 220 g/mol. The molecule has 1 aromatic heterocycles. The number of carbonyl (C=O) groups is 1. The van der Waals surface area contributed by atoms with Crippen LogP contribution in [0.3, 0.4) is 0 Å². The van der Waals surface area contributed by atoms with E-state index in [4.69, 9.17) is 17.3 Å². The number of aryl methyl sites for hydroxylation is 1. The summed E-state index contributed by atoms with van der Waals surface area (Å²) in [5.74, 6) is 0. The Labute approximate surface area is 83.9 Å². The first-order chi connectivity index (χ1) is 6.43. The van der Waals surface area contributed by atoms with Gasteiger partial charge in [-0.3, -0.25) is 4.79 Å². The van der Waals surface area contributed by atoms with Crippen molar-refractivity contribution in [3.05, 3.63) is 23.0 Å². The average Bonchev–Trinajstić information content (AvgIpc) is 2.07. The standard InChI is InChI=1S/C8H7ClF2N2O/c1-3-2-4(7(9)14)5(12)6(13-3)8(10)11/h2,8H,12H2,1H3. The van der Waals surface area contributed by atoms with E-state index in [-0.39, 0.29) is 16.9 Å². The lowest BCUT2D eigenvalue weighted by Gasteiger charge is -2.07. The number of aromatic nitrogens is 1. The Morgan fingerprint density at radius 2 is 2.21 bits per heavy atom. The van der Waals surface area contributed by atoms with Crippen molar-refractivity contribution in [3.8, 4) is 0 Å². The molecule has 76 valence electrons. The number of halogens is 3. The van der Waals surface area contributed by atoms with Gasteiger partial charge in [0.25, 0.3) is 11.7 Å². The highest BCUT2D eigenvalue weighted by atomic mass is 35.5. The van der Waals surface area contributed by atoms with Crippen LogP contribution in [0.1, 0.15) is 28.2 Å². The third-order valence-corrected chi connectivity index (χ3v) is 1.84. The van der Waals surface area contributed by atoms with Crippen molar-refractivity contribution in [2.24, 2.45) is 0 Å². The van der Waals surface area contributed by atoms with Crippen molar-refractivity contribution in [2.75, 3.05) is 5.73 Å². The molecule has 0 aliphatic carbocycles. The second-order valence-corrected chi connectivity index (χ2v) is 3.03. The summed E-state index contributed by atoms with van der Waals surface area (Å²) in [4.78, 5) is 14.3. The zero-order valence-corrected chi connectivity index (χ0v) is 7.98. The molecule has 0 atom stereocenters. The highest BCUT2D eigenvalue weighted by molar-refractivity contribution is 6.68. The molecule has 3 nitrogen and oxygen atoms in total. The zero-order chi connectivity index (χ0) is 10.9. The summed E-state index contributed by atoms with van der Waals surface area (Å²) in [5, 5.41) is -0.866. The van der Waals surface area contributed by atoms with Crippen molar-refractivity contribution in [2.45, 2.75) is 13.3 Å². The number of pyridine rings is 1. The molecule has 0 saturated heterocycles. The maximum absolute atomic E-state index is 12.4. The van der Waals surface area contributed by atoms with Crippen LogP contribution in [0.15, 0.2) is 6.07 Å². The predicted octanol–water partition coefficient (Wildman–Crippen LogP) is 2.29. The van der Waals surface area contributed by atoms with Gasteiger partial charge in [-0.15, -0.1) is 0 Å². The smallest absolute Gasteiger partial charge is 0.282 e. The lowest BCUT2D eigenvalue weighted by atomic mass is 10.1. The predicted molar refractivity (Wildman–Crippen MR) is 48.5 cm³/mol. The van der Waals surface area contributed by atoms with Gasteiger partial charge in [-0.05, 0) is 24.6 Å². The van der Waals surface area contributed by atoms with Crippen LogP contribution in [0.4, 0.5) is 14.5 Å². The second kappa shape index (κ2) is 3.88. The number of anilines is 1. The number of rotatable bonds is 2. The van der Waals surface area contributed by atoms with Gasteiger partial charge in [0, 0.05) is 5.69 Å². The largest absolute Gasteiger partial charge is 0.396 e. The van der Waals surface area contributed by atoms with Crippen LogP contribution in [-0.4, -0.2) is 10.2 Å². The summed E-state index contributed by atoms with van der Waals surface area (Å²) in [6, 6.07) is 1.27. The molecule has 6 heteroatoms. The van der Waals surface area contributed by atoms with Crippen LogP contribution in [0.25, 0.3) is 0 Å². The minimum Gasteiger partial charge on any atom is -0.396 e. The van der Waals surface area contributed by atoms with E-state index in [1.54, 1.807) is 0 Å². The molecule has 14 heavy (non-hydrogen) atoms. The molecular formula is C8H7ClF2N2O. The zero-order valence-electron chi connectivity index (χ0n) is 7.22. The van der Waals surface area contributed by atoms with Gasteiger partial charge in [-0.25, -0.2) is 13.8 Å². The first-order valence-electron chi connectivity index (χ1n) is 3.68. The maximum atomic E-state index is 12.4. The summed E-state index contributed by atoms with van der Waals surface area (Å²) in [7, 11) is 0. The van der Waals surface area contributed by atoms with Crippen LogP contribution in [0, 0.1) is 6.92 Å². The quantitative estimate of drug-likeness (QED) is 0.778. The molecule has 0 aliphatic heterocycles. The molecule has 2 N–H and O–H groups in total. The molecule has 0 fully saturated rings. The van der Waals surface area contributed by atoms with Crippen LogP contribution in [0.5, 0.6) is 0 Å². The number of hydrogen-bond acceptors (Lipinski definition) is 3. The summed E-state index contributed by atoms with van der Waals surface area (Å²) < 4.78 is 24.7. The van der Waals surface area contributed by atoms with Gasteiger partial charge in [-0.1, -0.05) is 0 Å². The minimum atomic E-state index is -2.82. The van der Waals surface area contributed by atoms with Crippen molar-refractivity contribution >= 4 is 22.5 Å². The molecule has 0 unspecified atom stereocenters. The lowest BCUT2D eigenvalue weighted by molar-refractivity contribution is 0.108. The Bertz CT molecular complexity index is 382. The van der Waals surface area contributed by atoms with Crippen molar-refractivity contribution in [1.82, 2.24) is 4.98 Å². The van der Waals surface area contributed by atoms with E-state index >= 15 is 0 Å². The molecule has 1 rings (SSSR count). The third kappa shape index (κ3) is 1.98. The van der Waals surface area contributed by atoms with Crippen molar-refractivity contribution in [1.29, 1.82) is 0 Å². The second-order valence-electron chi connectivity index (χ2n) is 2.68. The number of alkyl halides is 2. The Kier molecular flexibility index (Phi) is 3.00. The van der Waals surface area contributed by atoms with E-state index in [2.05, 4.69) is 4.98 Å². The molecule has 0 spiro atoms. The Morgan fingerprint density at radius 1 is 1.64 bits per heavy atom. The molecular weight excluding hydrogens is 214 g/mol. The number of carbonyl (C=O) groups excluding carboxylic acids is 1. The van der Waals surface area contributed by atoms with E-state index in [0.717, 1.165) is 0 Å². The van der Waals surface area contributed by atoms with Gasteiger partial charge in [-0.2, -0.15) is 0 Å². The van der Waals surface area contributed by atoms with Crippen LogP contribution < -0.4 is 5.73 Å². The molecule has 1 heterocycles. The van der Waals surface area contributed by atoms with Gasteiger partial charge >= 0.3 is 0 Å². The maximum Gasteiger partial charge on any atom is 0.282 e. The number of nitrogen functional groups attached to an aromatic ring is 1. The normalized spacial score (nSPS) is 10.6. The summed E-state index contributed by atoms with van der Waals surface area (Å²) in [6.45, 7) is 1.48. The molecule has 0 aromatic carbocycles. The summed E-state index contributed by atoms with van der Waals surface area (Å²) in [6.07, 6.45) is -2.82. The van der Waals surface area contributed by atoms with Crippen molar-refractivity contribution < 1.29 is 13.6 Å². The fourth-order valence-corrected chi connectivity index (χ4v) is 1.19. The fraction of sp³-hybridized carbons (Fsp3) is 0.250. The van der Waals surface area contributed by atoms with Gasteiger partial charge in [0.15, 0.2) is 0 Å². The first-order valence-corrected chi connectivity index (χ1v) is 4.06. The Morgan fingerprint density at radius 3 is 2.64 bits per heavy atom. The van der Waals surface area contributed by atoms with Crippen molar-refractivity contribution in [3.63, 3.8) is 0 Å². The number of nitrogens with zero attached hydrogens (tertiary/aromatic N) is 1. The summed E-state index contributed by atoms with van der Waals surface area (Å²) in [5.41, 5.74) is 4.49. The van der Waals surface area contributed by atoms with E-state index < -0.39 is 17.4 Å². The molecule has 0 saturated carbocycles. The van der Waals surface area contributed by atoms with Gasteiger partial charge in [0.1, 0.15) is 5.69 Å². The highest BCUT2D eigenvalue weighted by Gasteiger charge is 2.19. The first kappa shape index (κ1) is 10.8. The summed E-state index contributed by atoms with van der Waals surface area (Å²) >= 11 is 5.17. The van der Waals surface area contributed by atoms with Crippen LogP contribution in [0.2, 0.25) is 0 Å². The SMILES string of the molecule is Cc1cc(C(=O)Cl)c(N)c(C(F)F)n1. The number of nitrogens with two attached hydrogens (primary N) is 1. The van der Waals surface area contributed by atoms with E-state index in [9.17, 15) is 13.6 Å². The van der Waals surface area contributed by atoms with Gasteiger partial charge in [0.05, 0.1) is 11.3 Å². The molecule has 0 radical (unpaired) electrons. The fourth-order valence-electron chi connectivity index (χ4n) is 1.04. The molecule has 0 aliphatic rings. The van der Waals surface area contributed by atoms with Gasteiger partial charge < -0.3 is 5.73 Å². The Balaban J connectivity index is 3.40. The lowest BCUT2D eigenvalue weighted by Crippen LogP contribution is -2.06. The van der Waals surface area contributed by atoms with Gasteiger partial charge in [0.2, 0.25) is 0 Å². The Hall–Kier alpha value is -1.23. The van der Waals surface area contributed by atoms with E-state index in [0.29, 0.717) is 0 Å². The molecule has 0 amide bonds. The minimum absolute atomic E-state index is 0.130. The topological polar surface area (TPSA) is 56.0 Å². The third-order valence-electron chi connectivity index (χ3n) is 1.63. The average molecular weight is 221 g/mol. The highest BCUT2D eigenvalue weighted by Crippen LogP contribution is 2.27. The van der Waals surface area contributed by atoms with Crippen LogP contribution in [-0.2, 0) is 0 Å².